The molecule has 10 rings (SSSR count). The van der Waals surface area contributed by atoms with Gasteiger partial charge in [0.25, 0.3) is 5.97 Å². The minimum absolute atomic E-state index is 0.355. The third-order valence-corrected chi connectivity index (χ3v) is 17.7. The van der Waals surface area contributed by atoms with Gasteiger partial charge in [0.15, 0.2) is 25.6 Å². The molecule has 0 radical (unpaired) electrons. The van der Waals surface area contributed by atoms with Crippen molar-refractivity contribution in [2.75, 3.05) is 71.1 Å². The molecule has 0 aromatic heterocycles. The van der Waals surface area contributed by atoms with Crippen molar-refractivity contribution < 1.29 is 81.2 Å². The molecular formula is C82H94N10O17S5. The molecule has 5 unspecified atom stereocenters. The van der Waals surface area contributed by atoms with Gasteiger partial charge in [-0.05, 0) is 126 Å². The van der Waals surface area contributed by atoms with Crippen LogP contribution in [0.4, 0.5) is 0 Å². The van der Waals surface area contributed by atoms with Gasteiger partial charge in [-0.15, -0.1) is 0 Å². The van der Waals surface area contributed by atoms with Crippen LogP contribution in [0.1, 0.15) is 69.4 Å². The van der Waals surface area contributed by atoms with E-state index in [2.05, 4.69) is 53.2 Å². The molecule has 5 atom stereocenters. The second kappa shape index (κ2) is 47.2. The van der Waals surface area contributed by atoms with E-state index in [1.165, 1.54) is 35.5 Å². The Bertz CT molecular complexity index is 4040. The highest BCUT2D eigenvalue weighted by atomic mass is 32.1. The number of allylic oxidation sites excluding steroid dienone is 5. The lowest BCUT2D eigenvalue weighted by molar-refractivity contribution is -0.137. The van der Waals surface area contributed by atoms with Crippen LogP contribution >= 0.6 is 61.1 Å². The number of carbonyl (C=O) groups excluding carboxylic acids is 5. The maximum absolute atomic E-state index is 12.0. The van der Waals surface area contributed by atoms with Gasteiger partial charge in [0.2, 0.25) is 0 Å². The quantitative estimate of drug-likeness (QED) is 0.0196. The minimum atomic E-state index is -0.833. The van der Waals surface area contributed by atoms with Crippen molar-refractivity contribution in [2.45, 2.75) is 71.8 Å². The number of nitrogens with one attached hydrogen (secondary N) is 10. The third kappa shape index (κ3) is 27.6. The molecule has 0 aliphatic carbocycles. The normalized spacial score (nSPS) is 17.5. The zero-order chi connectivity index (χ0) is 84.1. The molecule has 0 spiro atoms. The van der Waals surface area contributed by atoms with Gasteiger partial charge in [-0.2, -0.15) is 0 Å². The van der Waals surface area contributed by atoms with E-state index >= 15 is 0 Å². The number of para-hydroxylation sites is 5. The van der Waals surface area contributed by atoms with Gasteiger partial charge in [0, 0.05) is 63.2 Å². The number of carbonyl (C=O) groups is 6. The van der Waals surface area contributed by atoms with Crippen LogP contribution in [0, 0.1) is 0 Å². The van der Waals surface area contributed by atoms with E-state index in [-0.39, 0.29) is 30.2 Å². The van der Waals surface area contributed by atoms with Gasteiger partial charge < -0.3 is 106 Å². The Labute approximate surface area is 690 Å². The molecule has 0 amide bonds. The number of ether oxygens (including phenoxy) is 10. The fourth-order valence-electron chi connectivity index (χ4n) is 11.3. The molecule has 5 heterocycles. The fraction of sp³-hybridized carbons (Fsp3) is 0.256. The lowest BCUT2D eigenvalue weighted by Gasteiger charge is -2.27. The first-order valence-corrected chi connectivity index (χ1v) is 36.7. The first kappa shape index (κ1) is 92.4. The maximum atomic E-state index is 12.0. The van der Waals surface area contributed by atoms with Crippen molar-refractivity contribution in [3.05, 3.63) is 236 Å². The van der Waals surface area contributed by atoms with Crippen molar-refractivity contribution in [3.63, 3.8) is 0 Å². The predicted octanol–water partition coefficient (Wildman–Crippen LogP) is 10.1. The Morgan fingerprint density at radius 2 is 0.430 bits per heavy atom. The van der Waals surface area contributed by atoms with Crippen molar-refractivity contribution >= 4 is 153 Å². The highest BCUT2D eigenvalue weighted by Gasteiger charge is 2.32. The van der Waals surface area contributed by atoms with Gasteiger partial charge >= 0.3 is 29.8 Å². The van der Waals surface area contributed by atoms with Crippen LogP contribution < -0.4 is 76.9 Å². The lowest BCUT2D eigenvalue weighted by atomic mass is 10.0. The summed E-state index contributed by atoms with van der Waals surface area (Å²) < 4.78 is 50.8. The van der Waals surface area contributed by atoms with Crippen LogP contribution in [-0.4, -0.2) is 168 Å². The smallest absolute Gasteiger partial charge is 0.337 e. The molecule has 5 aliphatic rings. The van der Waals surface area contributed by atoms with Gasteiger partial charge in [0.05, 0.1) is 129 Å². The van der Waals surface area contributed by atoms with Crippen LogP contribution in [0.25, 0.3) is 30.4 Å². The zero-order valence-electron chi connectivity index (χ0n) is 65.7. The number of thiocarbonyl (C=S) groups is 5. The van der Waals surface area contributed by atoms with Crippen LogP contribution in [0.15, 0.2) is 208 Å². The standard InChI is InChI=1S/5C16H18N2O3S.C2H4O2/c5*1-10-14(15(19)21-3)12(18-16(22)17-10)9-8-11-6-4-5-7-13(11)20-2;1-2(3)4/h5*4-9,12H,1-3H3,(H2,17,18,22);1H3,(H,3,4)/b5*9-8+;. The van der Waals surface area contributed by atoms with Crippen LogP contribution in [0.5, 0.6) is 28.7 Å². The molecule has 27 nitrogen and oxygen atoms in total. The van der Waals surface area contributed by atoms with Crippen LogP contribution in [-0.2, 0) is 52.5 Å². The Morgan fingerprint density at radius 1 is 0.289 bits per heavy atom. The molecule has 0 bridgehead atoms. The summed E-state index contributed by atoms with van der Waals surface area (Å²) in [6, 6.07) is 36.4. The second-order valence-electron chi connectivity index (χ2n) is 24.1. The molecule has 0 fully saturated rings. The molecule has 0 saturated carbocycles. The molecule has 604 valence electrons. The summed E-state index contributed by atoms with van der Waals surface area (Å²) in [6.45, 7) is 10.1. The first-order chi connectivity index (χ1) is 54.5. The Hall–Kier alpha value is -12.2. The summed E-state index contributed by atoms with van der Waals surface area (Å²) in [5.74, 6) is 0.997. The van der Waals surface area contributed by atoms with Crippen molar-refractivity contribution in [2.24, 2.45) is 0 Å². The van der Waals surface area contributed by atoms with Crippen LogP contribution in [0.2, 0.25) is 0 Å². The molecular weight excluding hydrogens is 1560 g/mol. The molecule has 11 N–H and O–H groups in total. The molecule has 32 heteroatoms. The number of hydrogen-bond donors (Lipinski definition) is 11. The highest BCUT2D eigenvalue weighted by Crippen LogP contribution is 2.28. The number of benzene rings is 5. The minimum Gasteiger partial charge on any atom is -0.496 e. The number of methoxy groups -OCH3 is 10. The summed E-state index contributed by atoms with van der Waals surface area (Å²) in [5.41, 5.74) is 10.5. The molecule has 0 saturated heterocycles. The Morgan fingerprint density at radius 3 is 0.561 bits per heavy atom. The van der Waals surface area contributed by atoms with E-state index in [1.54, 1.807) is 70.2 Å². The average Bonchev–Trinajstić information content (AvgIpc) is 0.837. The average molecular weight is 1650 g/mol. The van der Waals surface area contributed by atoms with E-state index < -0.39 is 35.8 Å². The highest BCUT2D eigenvalue weighted by molar-refractivity contribution is 7.81. The predicted molar refractivity (Wildman–Crippen MR) is 460 cm³/mol. The molecule has 5 aromatic carbocycles. The SMILES string of the molecule is CC(=O)O.COC(=O)C1=C(C)NC(=S)NC1/C=C/c1ccccc1OC.COC(=O)C1=C(C)NC(=S)NC1/C=C/c1ccccc1OC.COC(=O)C1=C(C)NC(=S)NC1/C=C/c1ccccc1OC.COC(=O)C1=C(C)NC(=S)NC1/C=C/c1ccccc1OC.COC(=O)C1=C(C)NC(=S)NC1/C=C/c1ccccc1OC. The van der Waals surface area contributed by atoms with Crippen molar-refractivity contribution in [1.82, 2.24) is 53.2 Å². The number of carboxylic acid groups (broad SMARTS) is 1. The largest absolute Gasteiger partial charge is 0.496 e. The zero-order valence-corrected chi connectivity index (χ0v) is 69.8. The molecule has 5 aliphatic heterocycles. The number of rotatable bonds is 20. The maximum Gasteiger partial charge on any atom is 0.337 e. The second-order valence-corrected chi connectivity index (χ2v) is 26.1. The van der Waals surface area contributed by atoms with E-state index in [4.69, 9.17) is 118 Å². The summed E-state index contributed by atoms with van der Waals surface area (Å²) in [7, 11) is 14.9. The van der Waals surface area contributed by atoms with Gasteiger partial charge in [0.1, 0.15) is 28.7 Å². The summed E-state index contributed by atoms with van der Waals surface area (Å²) in [6.07, 6.45) is 18.8. The summed E-state index contributed by atoms with van der Waals surface area (Å²) >= 11 is 25.7. The van der Waals surface area contributed by atoms with E-state index in [0.29, 0.717) is 81.9 Å². The first-order valence-electron chi connectivity index (χ1n) is 34.6. The number of aliphatic carboxylic acids is 1. The Balaban J connectivity index is 0.000000251. The Kier molecular flexibility index (Phi) is 38.3. The van der Waals surface area contributed by atoms with Gasteiger partial charge in [-0.1, -0.05) is 152 Å². The summed E-state index contributed by atoms with van der Waals surface area (Å²) in [4.78, 5) is 68.8. The molecule has 114 heavy (non-hydrogen) atoms. The third-order valence-electron chi connectivity index (χ3n) is 16.6. The fourth-order valence-corrected chi connectivity index (χ4v) is 12.7. The van der Waals surface area contributed by atoms with E-state index in [1.807, 2.05) is 182 Å². The lowest BCUT2D eigenvalue weighted by Crippen LogP contribution is -2.48. The number of hydrogen-bond acceptors (Lipinski definition) is 21. The van der Waals surface area contributed by atoms with Crippen LogP contribution in [0.3, 0.4) is 0 Å². The monoisotopic (exact) mass is 1650 g/mol. The van der Waals surface area contributed by atoms with E-state index in [0.717, 1.165) is 63.5 Å². The number of esters is 5. The van der Waals surface area contributed by atoms with E-state index in [9.17, 15) is 24.0 Å². The topological polar surface area (TPSA) is 335 Å². The number of carboxylic acids is 1. The molecule has 5 aromatic rings. The van der Waals surface area contributed by atoms with Gasteiger partial charge in [-0.3, -0.25) is 4.79 Å². The van der Waals surface area contributed by atoms with Crippen molar-refractivity contribution in [1.29, 1.82) is 0 Å². The van der Waals surface area contributed by atoms with Gasteiger partial charge in [-0.25, -0.2) is 24.0 Å². The van der Waals surface area contributed by atoms with Crippen molar-refractivity contribution in [3.8, 4) is 28.7 Å². The summed E-state index contributed by atoms with van der Waals surface area (Å²) in [5, 5.41) is 39.7.